The van der Waals surface area contributed by atoms with E-state index in [1.165, 1.54) is 71.6 Å². The maximum Gasteiger partial charge on any atom is 0.0110 e. The van der Waals surface area contributed by atoms with Crippen LogP contribution in [-0.2, 0) is 0 Å². The quantitative estimate of drug-likeness (QED) is 0.737. The van der Waals surface area contributed by atoms with Gasteiger partial charge in [-0.1, -0.05) is 6.92 Å². The maximum atomic E-state index is 2.73. The molecule has 0 amide bonds. The first-order valence-electron chi connectivity index (χ1n) is 8.79. The van der Waals surface area contributed by atoms with Crippen LogP contribution in [0.1, 0.15) is 40.0 Å². The lowest BCUT2D eigenvalue weighted by molar-refractivity contribution is 0.0258. The maximum absolute atomic E-state index is 2.73. The van der Waals surface area contributed by atoms with Gasteiger partial charge in [-0.3, -0.25) is 0 Å². The monoisotopic (exact) mass is 279 g/mol. The van der Waals surface area contributed by atoms with Gasteiger partial charge < -0.3 is 14.7 Å². The van der Waals surface area contributed by atoms with E-state index in [4.69, 9.17) is 0 Å². The molecule has 20 heavy (non-hydrogen) atoms. The molecule has 3 nitrogen and oxygen atoms in total. The van der Waals surface area contributed by atoms with E-state index in [1.54, 1.807) is 0 Å². The van der Waals surface area contributed by atoms with Gasteiger partial charge >= 0.3 is 0 Å². The van der Waals surface area contributed by atoms with E-state index in [0.29, 0.717) is 0 Å². The van der Waals surface area contributed by atoms with Crippen molar-refractivity contribution in [1.29, 1.82) is 0 Å². The highest BCUT2D eigenvalue weighted by atomic mass is 15.3. The third-order valence-corrected chi connectivity index (χ3v) is 5.96. The molecule has 116 valence electrons. The van der Waals surface area contributed by atoms with Gasteiger partial charge in [0.25, 0.3) is 0 Å². The van der Waals surface area contributed by atoms with Gasteiger partial charge in [0, 0.05) is 58.4 Å². The summed E-state index contributed by atoms with van der Waals surface area (Å²) in [4.78, 5) is 8.04. The van der Waals surface area contributed by atoms with Crippen molar-refractivity contribution in [3.8, 4) is 0 Å². The summed E-state index contributed by atoms with van der Waals surface area (Å²) in [5.74, 6) is 0.939. The van der Waals surface area contributed by atoms with Crippen LogP contribution in [0.15, 0.2) is 0 Å². The minimum absolute atomic E-state index is 0.730. The first kappa shape index (κ1) is 14.8. The van der Waals surface area contributed by atoms with Crippen LogP contribution in [0.4, 0.5) is 0 Å². The molecule has 0 unspecified atom stereocenters. The summed E-state index contributed by atoms with van der Waals surface area (Å²) in [6.45, 7) is 17.6. The normalized spacial score (nSPS) is 28.8. The molecule has 3 heteroatoms. The van der Waals surface area contributed by atoms with Crippen molar-refractivity contribution in [2.24, 2.45) is 11.3 Å². The van der Waals surface area contributed by atoms with E-state index in [9.17, 15) is 0 Å². The molecule has 2 saturated heterocycles. The van der Waals surface area contributed by atoms with E-state index in [0.717, 1.165) is 17.4 Å². The Balaban J connectivity index is 1.33. The van der Waals surface area contributed by atoms with Gasteiger partial charge in [0.1, 0.15) is 0 Å². The minimum Gasteiger partial charge on any atom is -0.300 e. The van der Waals surface area contributed by atoms with Crippen molar-refractivity contribution in [3.05, 3.63) is 0 Å². The lowest BCUT2D eigenvalue weighted by Crippen LogP contribution is -2.56. The second-order valence-corrected chi connectivity index (χ2v) is 7.84. The van der Waals surface area contributed by atoms with Crippen LogP contribution in [0.2, 0.25) is 0 Å². The molecule has 3 aliphatic rings. The van der Waals surface area contributed by atoms with Crippen molar-refractivity contribution in [1.82, 2.24) is 14.7 Å². The zero-order chi connectivity index (χ0) is 14.2. The van der Waals surface area contributed by atoms with Gasteiger partial charge in [0.05, 0.1) is 0 Å². The van der Waals surface area contributed by atoms with Gasteiger partial charge in [-0.2, -0.15) is 0 Å². The Morgan fingerprint density at radius 3 is 2.10 bits per heavy atom. The second kappa shape index (κ2) is 5.94. The lowest BCUT2D eigenvalue weighted by Gasteiger charge is -2.45. The van der Waals surface area contributed by atoms with Crippen LogP contribution in [0.3, 0.4) is 0 Å². The highest BCUT2D eigenvalue weighted by Gasteiger charge is 2.42. The molecule has 3 rings (SSSR count). The summed E-state index contributed by atoms with van der Waals surface area (Å²) in [5.41, 5.74) is 0.730. The Morgan fingerprint density at radius 2 is 1.60 bits per heavy atom. The van der Waals surface area contributed by atoms with Crippen LogP contribution in [0.5, 0.6) is 0 Å². The number of likely N-dealkylation sites (tertiary alicyclic amines) is 1. The summed E-state index contributed by atoms with van der Waals surface area (Å²) >= 11 is 0. The molecule has 0 spiro atoms. The summed E-state index contributed by atoms with van der Waals surface area (Å²) in [5, 5.41) is 0. The SMILES string of the molecule is CCC1(CN2CCN(CC3CN(C(C)C)C3)CC2)CC1. The molecule has 1 saturated carbocycles. The summed E-state index contributed by atoms with van der Waals surface area (Å²) in [7, 11) is 0. The Kier molecular flexibility index (Phi) is 4.40. The lowest BCUT2D eigenvalue weighted by atomic mass is 9.97. The fourth-order valence-electron chi connectivity index (χ4n) is 3.92. The highest BCUT2D eigenvalue weighted by molar-refractivity contribution is 4.95. The van der Waals surface area contributed by atoms with E-state index < -0.39 is 0 Å². The fourth-order valence-corrected chi connectivity index (χ4v) is 3.92. The van der Waals surface area contributed by atoms with Gasteiger partial charge in [-0.15, -0.1) is 0 Å². The Labute approximate surface area is 125 Å². The molecular formula is C17H33N3. The first-order chi connectivity index (χ1) is 9.60. The van der Waals surface area contributed by atoms with Crippen molar-refractivity contribution in [2.75, 3.05) is 52.4 Å². The molecule has 3 fully saturated rings. The van der Waals surface area contributed by atoms with E-state index >= 15 is 0 Å². The summed E-state index contributed by atoms with van der Waals surface area (Å²) in [6.07, 6.45) is 4.36. The average molecular weight is 279 g/mol. The number of piperazine rings is 1. The molecule has 0 aromatic heterocycles. The van der Waals surface area contributed by atoms with Crippen LogP contribution >= 0.6 is 0 Å². The Hall–Kier alpha value is -0.120. The first-order valence-corrected chi connectivity index (χ1v) is 8.79. The number of nitrogens with zero attached hydrogens (tertiary/aromatic N) is 3. The van der Waals surface area contributed by atoms with Gasteiger partial charge in [0.2, 0.25) is 0 Å². The molecule has 1 aliphatic carbocycles. The predicted molar refractivity (Wildman–Crippen MR) is 85.0 cm³/mol. The van der Waals surface area contributed by atoms with Crippen LogP contribution in [0.25, 0.3) is 0 Å². The molecule has 0 radical (unpaired) electrons. The van der Waals surface area contributed by atoms with Crippen molar-refractivity contribution in [2.45, 2.75) is 46.1 Å². The second-order valence-electron chi connectivity index (χ2n) is 7.84. The third-order valence-electron chi connectivity index (χ3n) is 5.96. The standard InChI is InChI=1S/C17H33N3/c1-4-17(5-6-17)14-19-9-7-18(8-10-19)11-16-12-20(13-16)15(2)3/h15-16H,4-14H2,1-3H3. The van der Waals surface area contributed by atoms with E-state index in [1.807, 2.05) is 0 Å². The predicted octanol–water partition coefficient (Wildman–Crippen LogP) is 2.13. The van der Waals surface area contributed by atoms with Crippen LogP contribution < -0.4 is 0 Å². The summed E-state index contributed by atoms with van der Waals surface area (Å²) < 4.78 is 0. The Morgan fingerprint density at radius 1 is 1.00 bits per heavy atom. The molecule has 0 N–H and O–H groups in total. The zero-order valence-corrected chi connectivity index (χ0v) is 13.8. The fraction of sp³-hybridized carbons (Fsp3) is 1.00. The van der Waals surface area contributed by atoms with Crippen molar-refractivity contribution in [3.63, 3.8) is 0 Å². The molecule has 0 aromatic carbocycles. The van der Waals surface area contributed by atoms with Gasteiger partial charge in [-0.25, -0.2) is 0 Å². The number of hydrogen-bond acceptors (Lipinski definition) is 3. The number of rotatable bonds is 6. The topological polar surface area (TPSA) is 9.72 Å². The molecule has 0 aromatic rings. The number of hydrogen-bond donors (Lipinski definition) is 0. The van der Waals surface area contributed by atoms with Crippen LogP contribution in [-0.4, -0.2) is 73.1 Å². The average Bonchev–Trinajstić information content (AvgIpc) is 3.15. The molecular weight excluding hydrogens is 246 g/mol. The van der Waals surface area contributed by atoms with Crippen LogP contribution in [0, 0.1) is 11.3 Å². The molecule has 0 bridgehead atoms. The van der Waals surface area contributed by atoms with E-state index in [2.05, 4.69) is 35.5 Å². The van der Waals surface area contributed by atoms with Crippen molar-refractivity contribution >= 4 is 0 Å². The smallest absolute Gasteiger partial charge is 0.0110 e. The molecule has 2 heterocycles. The van der Waals surface area contributed by atoms with E-state index in [-0.39, 0.29) is 0 Å². The van der Waals surface area contributed by atoms with Gasteiger partial charge in [0.15, 0.2) is 0 Å². The highest BCUT2D eigenvalue weighted by Crippen LogP contribution is 2.49. The summed E-state index contributed by atoms with van der Waals surface area (Å²) in [6, 6.07) is 0.742. The van der Waals surface area contributed by atoms with Gasteiger partial charge in [-0.05, 0) is 44.4 Å². The molecule has 0 atom stereocenters. The third kappa shape index (κ3) is 3.37. The zero-order valence-electron chi connectivity index (χ0n) is 13.8. The Bertz CT molecular complexity index is 310. The van der Waals surface area contributed by atoms with Crippen molar-refractivity contribution < 1.29 is 0 Å². The minimum atomic E-state index is 0.730. The largest absolute Gasteiger partial charge is 0.300 e. The molecule has 2 aliphatic heterocycles.